The molecule has 0 amide bonds. The minimum atomic E-state index is -0.501. The fraction of sp³-hybridized carbons (Fsp3) is 0.385. The maximum absolute atomic E-state index is 11.6. The number of aryl methyl sites for hydroxylation is 1. The van der Waals surface area contributed by atoms with E-state index in [1.54, 1.807) is 18.3 Å². The smallest absolute Gasteiger partial charge is 0.343 e. The molecule has 0 atom stereocenters. The van der Waals surface area contributed by atoms with E-state index in [1.165, 1.54) is 18.0 Å². The summed E-state index contributed by atoms with van der Waals surface area (Å²) < 4.78 is 4.88. The SMILES string of the molecule is CCOC(=O)c1cnc(SCc2csc(CC)n2)nc1N. The van der Waals surface area contributed by atoms with Crippen molar-refractivity contribution in [1.29, 1.82) is 0 Å². The van der Waals surface area contributed by atoms with Gasteiger partial charge >= 0.3 is 5.97 Å². The van der Waals surface area contributed by atoms with Crippen molar-refractivity contribution in [3.63, 3.8) is 0 Å². The first-order valence-corrected chi connectivity index (χ1v) is 8.36. The van der Waals surface area contributed by atoms with E-state index in [0.717, 1.165) is 17.1 Å². The minimum absolute atomic E-state index is 0.137. The number of nitrogens with two attached hydrogens (primary N) is 1. The van der Waals surface area contributed by atoms with Crippen molar-refractivity contribution in [3.05, 3.63) is 27.8 Å². The van der Waals surface area contributed by atoms with Crippen molar-refractivity contribution < 1.29 is 9.53 Å². The Hall–Kier alpha value is -1.67. The van der Waals surface area contributed by atoms with Gasteiger partial charge in [0.15, 0.2) is 5.16 Å². The van der Waals surface area contributed by atoms with Crippen LogP contribution in [0.3, 0.4) is 0 Å². The lowest BCUT2D eigenvalue weighted by Gasteiger charge is -2.05. The molecule has 0 saturated heterocycles. The Bertz CT molecular complexity index is 630. The van der Waals surface area contributed by atoms with E-state index in [1.807, 2.05) is 5.38 Å². The molecule has 0 radical (unpaired) electrons. The molecule has 0 aromatic carbocycles. The maximum atomic E-state index is 11.6. The number of carbonyl (C=O) groups excluding carboxylic acids is 1. The molecule has 112 valence electrons. The Balaban J connectivity index is 2.01. The molecule has 6 nitrogen and oxygen atoms in total. The minimum Gasteiger partial charge on any atom is -0.462 e. The molecule has 0 aliphatic rings. The van der Waals surface area contributed by atoms with Gasteiger partial charge in [0.25, 0.3) is 0 Å². The van der Waals surface area contributed by atoms with Gasteiger partial charge in [-0.25, -0.2) is 19.7 Å². The summed E-state index contributed by atoms with van der Waals surface area (Å²) in [7, 11) is 0. The fourth-order valence-corrected chi connectivity index (χ4v) is 3.10. The van der Waals surface area contributed by atoms with Crippen LogP contribution in [0.25, 0.3) is 0 Å². The van der Waals surface area contributed by atoms with Crippen LogP contribution in [0.4, 0.5) is 5.82 Å². The van der Waals surface area contributed by atoms with E-state index < -0.39 is 5.97 Å². The first kappa shape index (κ1) is 15.7. The highest BCUT2D eigenvalue weighted by atomic mass is 32.2. The van der Waals surface area contributed by atoms with Crippen LogP contribution in [0.5, 0.6) is 0 Å². The number of carbonyl (C=O) groups is 1. The number of ether oxygens (including phenoxy) is 1. The molecule has 0 unspecified atom stereocenters. The molecule has 2 N–H and O–H groups in total. The Kier molecular flexibility index (Phi) is 5.51. The number of rotatable bonds is 6. The third-order valence-corrected chi connectivity index (χ3v) is 4.48. The number of thiazole rings is 1. The van der Waals surface area contributed by atoms with Gasteiger partial charge in [-0.1, -0.05) is 18.7 Å². The highest BCUT2D eigenvalue weighted by Gasteiger charge is 2.14. The zero-order valence-corrected chi connectivity index (χ0v) is 13.5. The van der Waals surface area contributed by atoms with Gasteiger partial charge < -0.3 is 10.5 Å². The van der Waals surface area contributed by atoms with Gasteiger partial charge in [-0.2, -0.15) is 0 Å². The number of esters is 1. The molecule has 0 aliphatic heterocycles. The predicted octanol–water partition coefficient (Wildman–Crippen LogP) is 2.55. The summed E-state index contributed by atoms with van der Waals surface area (Å²) in [5.74, 6) is 0.312. The van der Waals surface area contributed by atoms with Gasteiger partial charge in [0.05, 0.1) is 17.3 Å². The Labute approximate surface area is 131 Å². The van der Waals surface area contributed by atoms with E-state index in [-0.39, 0.29) is 11.4 Å². The van der Waals surface area contributed by atoms with E-state index in [0.29, 0.717) is 17.5 Å². The van der Waals surface area contributed by atoms with E-state index >= 15 is 0 Å². The van der Waals surface area contributed by atoms with Crippen molar-refractivity contribution in [2.24, 2.45) is 0 Å². The van der Waals surface area contributed by atoms with Crippen LogP contribution in [0.15, 0.2) is 16.7 Å². The summed E-state index contributed by atoms with van der Waals surface area (Å²) >= 11 is 3.08. The Morgan fingerprint density at radius 2 is 2.24 bits per heavy atom. The highest BCUT2D eigenvalue weighted by molar-refractivity contribution is 7.98. The normalized spacial score (nSPS) is 10.6. The van der Waals surface area contributed by atoms with Crippen LogP contribution < -0.4 is 5.73 Å². The molecule has 0 bridgehead atoms. The zero-order chi connectivity index (χ0) is 15.2. The first-order chi connectivity index (χ1) is 10.1. The average molecular weight is 324 g/mol. The summed E-state index contributed by atoms with van der Waals surface area (Å²) in [4.78, 5) is 24.3. The fourth-order valence-electron chi connectivity index (χ4n) is 1.53. The first-order valence-electron chi connectivity index (χ1n) is 6.49. The zero-order valence-electron chi connectivity index (χ0n) is 11.8. The summed E-state index contributed by atoms with van der Waals surface area (Å²) in [5, 5.41) is 3.66. The standard InChI is InChI=1S/C13H16N4O2S2/c1-3-10-16-8(6-20-10)7-21-13-15-5-9(11(14)17-13)12(18)19-4-2/h5-6H,3-4,7H2,1-2H3,(H2,14,15,17). The van der Waals surface area contributed by atoms with Crippen LogP contribution in [-0.4, -0.2) is 27.5 Å². The third kappa shape index (κ3) is 4.15. The molecule has 2 aromatic heterocycles. The molecule has 0 aliphatic carbocycles. The molecular weight excluding hydrogens is 308 g/mol. The van der Waals surface area contributed by atoms with Crippen LogP contribution in [-0.2, 0) is 16.9 Å². The maximum Gasteiger partial charge on any atom is 0.343 e. The van der Waals surface area contributed by atoms with Gasteiger partial charge in [-0.05, 0) is 13.3 Å². The van der Waals surface area contributed by atoms with E-state index in [9.17, 15) is 4.79 Å². The summed E-state index contributed by atoms with van der Waals surface area (Å²) in [6.45, 7) is 4.10. The molecule has 2 rings (SSSR count). The number of nitrogens with zero attached hydrogens (tertiary/aromatic N) is 3. The van der Waals surface area contributed by atoms with Gasteiger partial charge in [0.2, 0.25) is 0 Å². The second-order valence-corrected chi connectivity index (χ2v) is 5.93. The van der Waals surface area contributed by atoms with Crippen LogP contribution >= 0.6 is 23.1 Å². The summed E-state index contributed by atoms with van der Waals surface area (Å²) in [6, 6.07) is 0. The van der Waals surface area contributed by atoms with E-state index in [2.05, 4.69) is 21.9 Å². The van der Waals surface area contributed by atoms with Crippen LogP contribution in [0, 0.1) is 0 Å². The lowest BCUT2D eigenvalue weighted by atomic mass is 10.3. The van der Waals surface area contributed by atoms with Gasteiger partial charge in [0, 0.05) is 17.3 Å². The lowest BCUT2D eigenvalue weighted by molar-refractivity contribution is 0.0526. The monoisotopic (exact) mass is 324 g/mol. The second kappa shape index (κ2) is 7.37. The summed E-state index contributed by atoms with van der Waals surface area (Å²) in [6.07, 6.45) is 2.34. The number of hydrogen-bond donors (Lipinski definition) is 1. The van der Waals surface area contributed by atoms with Crippen LogP contribution in [0.1, 0.15) is 34.9 Å². The van der Waals surface area contributed by atoms with Crippen molar-refractivity contribution in [3.8, 4) is 0 Å². The molecule has 8 heteroatoms. The number of thioether (sulfide) groups is 1. The van der Waals surface area contributed by atoms with Crippen molar-refractivity contribution in [2.75, 3.05) is 12.3 Å². The largest absolute Gasteiger partial charge is 0.462 e. The molecule has 21 heavy (non-hydrogen) atoms. The Morgan fingerprint density at radius 1 is 1.43 bits per heavy atom. The number of hydrogen-bond acceptors (Lipinski definition) is 8. The molecule has 0 fully saturated rings. The predicted molar refractivity (Wildman–Crippen MR) is 83.5 cm³/mol. The lowest BCUT2D eigenvalue weighted by Crippen LogP contribution is -2.10. The molecule has 2 aromatic rings. The molecule has 2 heterocycles. The van der Waals surface area contributed by atoms with E-state index in [4.69, 9.17) is 10.5 Å². The van der Waals surface area contributed by atoms with Crippen LogP contribution in [0.2, 0.25) is 0 Å². The van der Waals surface area contributed by atoms with Crippen molar-refractivity contribution in [1.82, 2.24) is 15.0 Å². The van der Waals surface area contributed by atoms with Gasteiger partial charge in [-0.3, -0.25) is 0 Å². The van der Waals surface area contributed by atoms with Crippen molar-refractivity contribution >= 4 is 34.9 Å². The third-order valence-electron chi connectivity index (χ3n) is 2.54. The molecule has 0 saturated carbocycles. The number of nitrogen functional groups attached to an aromatic ring is 1. The quantitative estimate of drug-likeness (QED) is 0.496. The van der Waals surface area contributed by atoms with Crippen molar-refractivity contribution in [2.45, 2.75) is 31.2 Å². The highest BCUT2D eigenvalue weighted by Crippen LogP contribution is 2.22. The van der Waals surface area contributed by atoms with Gasteiger partial charge in [-0.15, -0.1) is 11.3 Å². The topological polar surface area (TPSA) is 91.0 Å². The van der Waals surface area contributed by atoms with Gasteiger partial charge in [0.1, 0.15) is 11.4 Å². The number of anilines is 1. The molecular formula is C13H16N4O2S2. The second-order valence-electron chi connectivity index (χ2n) is 4.05. The Morgan fingerprint density at radius 3 is 2.86 bits per heavy atom. The number of aromatic nitrogens is 3. The molecule has 0 spiro atoms. The average Bonchev–Trinajstić information content (AvgIpc) is 2.93. The summed E-state index contributed by atoms with van der Waals surface area (Å²) in [5.41, 5.74) is 6.96.